The molecule has 19 heavy (non-hydrogen) atoms. The Labute approximate surface area is 119 Å². The molecule has 1 aliphatic rings. The first kappa shape index (κ1) is 14.4. The smallest absolute Gasteiger partial charge is 0.309 e. The van der Waals surface area contributed by atoms with Gasteiger partial charge in [0, 0.05) is 4.90 Å². The molecule has 0 saturated heterocycles. The number of methoxy groups -OCH3 is 1. The topological polar surface area (TPSA) is 26.3 Å². The first-order chi connectivity index (χ1) is 9.10. The van der Waals surface area contributed by atoms with Crippen LogP contribution in [0.2, 0.25) is 0 Å². The van der Waals surface area contributed by atoms with Crippen molar-refractivity contribution >= 4 is 17.7 Å². The van der Waals surface area contributed by atoms with Gasteiger partial charge in [-0.05, 0) is 42.1 Å². The molecular formula is C16H22O2S. The molecular weight excluding hydrogens is 256 g/mol. The SMILES string of the molecule is COC(=O)C1C[C@@]1(CCSc1ccccc1)C(C)C. The molecule has 1 aromatic carbocycles. The fourth-order valence-corrected chi connectivity index (χ4v) is 3.93. The van der Waals surface area contributed by atoms with Crippen LogP contribution in [0, 0.1) is 17.3 Å². The molecule has 0 amide bonds. The van der Waals surface area contributed by atoms with Crippen LogP contribution in [0.5, 0.6) is 0 Å². The van der Waals surface area contributed by atoms with Gasteiger partial charge in [0.15, 0.2) is 0 Å². The third-order valence-corrected chi connectivity index (χ3v) is 5.35. The van der Waals surface area contributed by atoms with Crippen molar-refractivity contribution < 1.29 is 9.53 Å². The Morgan fingerprint density at radius 1 is 1.42 bits per heavy atom. The second kappa shape index (κ2) is 6.00. The molecule has 104 valence electrons. The van der Waals surface area contributed by atoms with E-state index >= 15 is 0 Å². The van der Waals surface area contributed by atoms with E-state index in [0.717, 1.165) is 18.6 Å². The number of carbonyl (C=O) groups is 1. The van der Waals surface area contributed by atoms with Gasteiger partial charge in [0.2, 0.25) is 0 Å². The monoisotopic (exact) mass is 278 g/mol. The number of hydrogen-bond donors (Lipinski definition) is 0. The van der Waals surface area contributed by atoms with Crippen molar-refractivity contribution in [2.75, 3.05) is 12.9 Å². The van der Waals surface area contributed by atoms with Gasteiger partial charge in [0.05, 0.1) is 13.0 Å². The molecule has 3 heteroatoms. The zero-order chi connectivity index (χ0) is 13.9. The van der Waals surface area contributed by atoms with E-state index in [9.17, 15) is 4.79 Å². The molecule has 0 N–H and O–H groups in total. The number of rotatable bonds is 6. The van der Waals surface area contributed by atoms with E-state index in [2.05, 4.69) is 38.1 Å². The normalized spacial score (nSPS) is 25.4. The maximum atomic E-state index is 11.7. The van der Waals surface area contributed by atoms with Crippen LogP contribution in [-0.4, -0.2) is 18.8 Å². The summed E-state index contributed by atoms with van der Waals surface area (Å²) < 4.78 is 4.90. The summed E-state index contributed by atoms with van der Waals surface area (Å²) >= 11 is 1.87. The number of hydrogen-bond acceptors (Lipinski definition) is 3. The lowest BCUT2D eigenvalue weighted by atomic mass is 9.87. The summed E-state index contributed by atoms with van der Waals surface area (Å²) in [6, 6.07) is 10.4. The van der Waals surface area contributed by atoms with E-state index in [4.69, 9.17) is 4.74 Å². The summed E-state index contributed by atoms with van der Waals surface area (Å²) in [7, 11) is 1.49. The number of ether oxygens (including phenoxy) is 1. The molecule has 1 fully saturated rings. The molecule has 2 rings (SSSR count). The average Bonchev–Trinajstić information content (AvgIpc) is 3.15. The first-order valence-electron chi connectivity index (χ1n) is 6.86. The molecule has 1 aromatic rings. The molecule has 1 saturated carbocycles. The van der Waals surface area contributed by atoms with Crippen LogP contribution in [0.15, 0.2) is 35.2 Å². The molecule has 0 bridgehead atoms. The Balaban J connectivity index is 1.88. The number of esters is 1. The van der Waals surface area contributed by atoms with Crippen molar-refractivity contribution in [3.05, 3.63) is 30.3 Å². The highest BCUT2D eigenvalue weighted by molar-refractivity contribution is 7.99. The highest BCUT2D eigenvalue weighted by atomic mass is 32.2. The molecule has 1 aliphatic carbocycles. The van der Waals surface area contributed by atoms with Crippen LogP contribution in [0.25, 0.3) is 0 Å². The van der Waals surface area contributed by atoms with Gasteiger partial charge in [-0.3, -0.25) is 4.79 Å². The van der Waals surface area contributed by atoms with E-state index in [1.54, 1.807) is 0 Å². The largest absolute Gasteiger partial charge is 0.469 e. The van der Waals surface area contributed by atoms with E-state index in [0.29, 0.717) is 5.92 Å². The lowest BCUT2D eigenvalue weighted by molar-refractivity contribution is -0.143. The van der Waals surface area contributed by atoms with Gasteiger partial charge in [0.25, 0.3) is 0 Å². The Morgan fingerprint density at radius 3 is 2.68 bits per heavy atom. The van der Waals surface area contributed by atoms with Crippen molar-refractivity contribution in [1.82, 2.24) is 0 Å². The summed E-state index contributed by atoms with van der Waals surface area (Å²) in [6.07, 6.45) is 2.08. The molecule has 0 radical (unpaired) electrons. The zero-order valence-electron chi connectivity index (χ0n) is 11.9. The van der Waals surface area contributed by atoms with Gasteiger partial charge in [-0.1, -0.05) is 32.0 Å². The Bertz CT molecular complexity index is 430. The average molecular weight is 278 g/mol. The van der Waals surface area contributed by atoms with Crippen LogP contribution in [0.3, 0.4) is 0 Å². The van der Waals surface area contributed by atoms with Crippen molar-refractivity contribution in [3.63, 3.8) is 0 Å². The number of thioether (sulfide) groups is 1. The summed E-state index contributed by atoms with van der Waals surface area (Å²) in [4.78, 5) is 13.0. The lowest BCUT2D eigenvalue weighted by Crippen LogP contribution is -2.18. The van der Waals surface area contributed by atoms with Crippen LogP contribution in [0.4, 0.5) is 0 Å². The molecule has 1 unspecified atom stereocenters. The predicted octanol–water partition coefficient (Wildman–Crippen LogP) is 4.00. The van der Waals surface area contributed by atoms with Gasteiger partial charge in [-0.25, -0.2) is 0 Å². The summed E-state index contributed by atoms with van der Waals surface area (Å²) in [5.41, 5.74) is 0.175. The maximum Gasteiger partial charge on any atom is 0.309 e. The van der Waals surface area contributed by atoms with Crippen LogP contribution in [-0.2, 0) is 9.53 Å². The van der Waals surface area contributed by atoms with E-state index in [-0.39, 0.29) is 17.3 Å². The Morgan fingerprint density at radius 2 is 2.11 bits per heavy atom. The van der Waals surface area contributed by atoms with Crippen molar-refractivity contribution in [3.8, 4) is 0 Å². The lowest BCUT2D eigenvalue weighted by Gasteiger charge is -2.21. The fourth-order valence-electron chi connectivity index (χ4n) is 2.86. The summed E-state index contributed by atoms with van der Waals surface area (Å²) in [6.45, 7) is 4.44. The highest BCUT2D eigenvalue weighted by Gasteiger charge is 2.59. The predicted molar refractivity (Wildman–Crippen MR) is 79.2 cm³/mol. The zero-order valence-corrected chi connectivity index (χ0v) is 12.7. The highest BCUT2D eigenvalue weighted by Crippen LogP contribution is 2.61. The minimum absolute atomic E-state index is 0.0292. The molecule has 0 aliphatic heterocycles. The van der Waals surface area contributed by atoms with Gasteiger partial charge in [0.1, 0.15) is 0 Å². The second-order valence-electron chi connectivity index (χ2n) is 5.58. The summed E-state index contributed by atoms with van der Waals surface area (Å²) in [5, 5.41) is 0. The van der Waals surface area contributed by atoms with Gasteiger partial charge in [-0.2, -0.15) is 0 Å². The first-order valence-corrected chi connectivity index (χ1v) is 7.84. The maximum absolute atomic E-state index is 11.7. The molecule has 2 nitrogen and oxygen atoms in total. The number of benzene rings is 1. The second-order valence-corrected chi connectivity index (χ2v) is 6.75. The van der Waals surface area contributed by atoms with Gasteiger partial charge < -0.3 is 4.74 Å². The van der Waals surface area contributed by atoms with Crippen molar-refractivity contribution in [1.29, 1.82) is 0 Å². The fraction of sp³-hybridized carbons (Fsp3) is 0.562. The van der Waals surface area contributed by atoms with Crippen LogP contribution in [0.1, 0.15) is 26.7 Å². The van der Waals surface area contributed by atoms with E-state index < -0.39 is 0 Å². The van der Waals surface area contributed by atoms with Crippen molar-refractivity contribution in [2.24, 2.45) is 17.3 Å². The third kappa shape index (κ3) is 3.14. The minimum Gasteiger partial charge on any atom is -0.469 e. The molecule has 2 atom stereocenters. The third-order valence-electron chi connectivity index (χ3n) is 4.33. The Hall–Kier alpha value is -0.960. The van der Waals surface area contributed by atoms with Crippen LogP contribution >= 0.6 is 11.8 Å². The quantitative estimate of drug-likeness (QED) is 0.581. The van der Waals surface area contributed by atoms with Gasteiger partial charge >= 0.3 is 5.97 Å². The van der Waals surface area contributed by atoms with Gasteiger partial charge in [-0.15, -0.1) is 11.8 Å². The summed E-state index contributed by atoms with van der Waals surface area (Å²) in [5.74, 6) is 1.69. The molecule has 0 aromatic heterocycles. The molecule has 0 heterocycles. The number of carbonyl (C=O) groups excluding carboxylic acids is 1. The van der Waals surface area contributed by atoms with E-state index in [1.165, 1.54) is 12.0 Å². The Kier molecular flexibility index (Phi) is 4.56. The minimum atomic E-state index is -0.0292. The molecule has 0 spiro atoms. The van der Waals surface area contributed by atoms with E-state index in [1.807, 2.05) is 17.8 Å². The van der Waals surface area contributed by atoms with Crippen LogP contribution < -0.4 is 0 Å². The van der Waals surface area contributed by atoms with Crippen molar-refractivity contribution in [2.45, 2.75) is 31.6 Å². The standard InChI is InChI=1S/C16H22O2S/c1-12(2)16(11-14(16)15(17)18-3)9-10-19-13-7-5-4-6-8-13/h4-8,12,14H,9-11H2,1-3H3/t14?,16-/m0/s1.